The molecule has 2 aromatic carbocycles. The number of benzene rings is 2. The highest BCUT2D eigenvalue weighted by Gasteiger charge is 2.12. The molecule has 1 N–H and O–H groups in total. The molecule has 0 saturated heterocycles. The van der Waals surface area contributed by atoms with Crippen LogP contribution in [0.15, 0.2) is 42.5 Å². The first-order valence-electron chi connectivity index (χ1n) is 6.71. The van der Waals surface area contributed by atoms with Crippen LogP contribution in [0, 0.1) is 13.8 Å². The molecule has 2 rings (SSSR count). The van der Waals surface area contributed by atoms with Crippen LogP contribution in [0.25, 0.3) is 0 Å². The number of carboxylic acid groups (broad SMARTS) is 1. The Hall–Kier alpha value is -2.29. The Labute approximate surface area is 119 Å². The number of carboxylic acids is 1. The van der Waals surface area contributed by atoms with E-state index >= 15 is 0 Å². The molecule has 0 aliphatic rings. The third-order valence-corrected chi connectivity index (χ3v) is 3.36. The lowest BCUT2D eigenvalue weighted by Crippen LogP contribution is -2.17. The zero-order chi connectivity index (χ0) is 14.7. The van der Waals surface area contributed by atoms with E-state index in [4.69, 9.17) is 5.11 Å². The molecule has 0 aromatic heterocycles. The van der Waals surface area contributed by atoms with Gasteiger partial charge in [-0.1, -0.05) is 12.1 Å². The van der Waals surface area contributed by atoms with Crippen LogP contribution in [0.2, 0.25) is 0 Å². The SMILES string of the molecule is CCN(c1cccc(C)c1)c1ccc(C(=O)O)cc1C. The quantitative estimate of drug-likeness (QED) is 0.906. The highest BCUT2D eigenvalue weighted by atomic mass is 16.4. The van der Waals surface area contributed by atoms with Gasteiger partial charge in [0, 0.05) is 17.9 Å². The first-order chi connectivity index (χ1) is 9.52. The minimum absolute atomic E-state index is 0.326. The third kappa shape index (κ3) is 2.82. The normalized spacial score (nSPS) is 10.3. The van der Waals surface area contributed by atoms with Crippen molar-refractivity contribution in [1.82, 2.24) is 0 Å². The van der Waals surface area contributed by atoms with Crippen molar-refractivity contribution in [2.75, 3.05) is 11.4 Å². The van der Waals surface area contributed by atoms with Gasteiger partial charge >= 0.3 is 5.97 Å². The minimum Gasteiger partial charge on any atom is -0.478 e. The number of hydrogen-bond acceptors (Lipinski definition) is 2. The second-order valence-electron chi connectivity index (χ2n) is 4.89. The Bertz CT molecular complexity index is 635. The molecule has 0 aliphatic carbocycles. The fourth-order valence-corrected chi connectivity index (χ4v) is 2.38. The van der Waals surface area contributed by atoms with E-state index < -0.39 is 5.97 Å². The number of nitrogens with zero attached hydrogens (tertiary/aromatic N) is 1. The summed E-state index contributed by atoms with van der Waals surface area (Å²) in [4.78, 5) is 13.2. The van der Waals surface area contributed by atoms with Crippen LogP contribution in [-0.2, 0) is 0 Å². The summed E-state index contributed by atoms with van der Waals surface area (Å²) in [6.45, 7) is 6.93. The first kappa shape index (κ1) is 14.1. The molecular formula is C17H19NO2. The molecule has 104 valence electrons. The molecule has 2 aromatic rings. The van der Waals surface area contributed by atoms with E-state index in [0.717, 1.165) is 23.5 Å². The van der Waals surface area contributed by atoms with Gasteiger partial charge in [-0.15, -0.1) is 0 Å². The van der Waals surface area contributed by atoms with Gasteiger partial charge in [0.1, 0.15) is 0 Å². The Balaban J connectivity index is 2.44. The van der Waals surface area contributed by atoms with Crippen LogP contribution in [-0.4, -0.2) is 17.6 Å². The van der Waals surface area contributed by atoms with E-state index in [1.165, 1.54) is 5.56 Å². The van der Waals surface area contributed by atoms with Crippen LogP contribution >= 0.6 is 0 Å². The Kier molecular flexibility index (Phi) is 4.08. The number of carbonyl (C=O) groups is 1. The fourth-order valence-electron chi connectivity index (χ4n) is 2.38. The summed E-state index contributed by atoms with van der Waals surface area (Å²) in [6, 6.07) is 13.6. The van der Waals surface area contributed by atoms with E-state index in [-0.39, 0.29) is 0 Å². The van der Waals surface area contributed by atoms with Crippen molar-refractivity contribution in [3.05, 3.63) is 59.2 Å². The van der Waals surface area contributed by atoms with E-state index in [2.05, 4.69) is 36.9 Å². The average Bonchev–Trinajstić information content (AvgIpc) is 2.41. The van der Waals surface area contributed by atoms with Gasteiger partial charge < -0.3 is 10.0 Å². The van der Waals surface area contributed by atoms with Gasteiger partial charge in [0.15, 0.2) is 0 Å². The maximum atomic E-state index is 11.0. The third-order valence-electron chi connectivity index (χ3n) is 3.36. The van der Waals surface area contributed by atoms with Gasteiger partial charge in [-0.05, 0) is 62.2 Å². The summed E-state index contributed by atoms with van der Waals surface area (Å²) in [5, 5.41) is 9.04. The monoisotopic (exact) mass is 269 g/mol. The molecule has 3 heteroatoms. The zero-order valence-electron chi connectivity index (χ0n) is 12.1. The summed E-state index contributed by atoms with van der Waals surface area (Å²) in [5.41, 5.74) is 4.67. The smallest absolute Gasteiger partial charge is 0.335 e. The van der Waals surface area contributed by atoms with Crippen LogP contribution in [0.4, 0.5) is 11.4 Å². The van der Waals surface area contributed by atoms with Gasteiger partial charge in [-0.2, -0.15) is 0 Å². The van der Waals surface area contributed by atoms with Crippen molar-refractivity contribution in [3.63, 3.8) is 0 Å². The minimum atomic E-state index is -0.891. The lowest BCUT2D eigenvalue weighted by Gasteiger charge is -2.25. The Morgan fingerprint density at radius 2 is 1.90 bits per heavy atom. The van der Waals surface area contributed by atoms with Crippen molar-refractivity contribution >= 4 is 17.3 Å². The van der Waals surface area contributed by atoms with Crippen LogP contribution in [0.5, 0.6) is 0 Å². The molecule has 0 unspecified atom stereocenters. The number of anilines is 2. The van der Waals surface area contributed by atoms with Gasteiger partial charge in [0.2, 0.25) is 0 Å². The van der Waals surface area contributed by atoms with Crippen LogP contribution in [0.1, 0.15) is 28.4 Å². The van der Waals surface area contributed by atoms with Gasteiger partial charge in [0.25, 0.3) is 0 Å². The molecule has 0 fully saturated rings. The van der Waals surface area contributed by atoms with Crippen molar-refractivity contribution in [3.8, 4) is 0 Å². The van der Waals surface area contributed by atoms with E-state index in [1.54, 1.807) is 12.1 Å². The van der Waals surface area contributed by atoms with E-state index in [9.17, 15) is 4.79 Å². The van der Waals surface area contributed by atoms with Crippen LogP contribution in [0.3, 0.4) is 0 Å². The molecule has 0 amide bonds. The second-order valence-corrected chi connectivity index (χ2v) is 4.89. The fraction of sp³-hybridized carbons (Fsp3) is 0.235. The first-order valence-corrected chi connectivity index (χ1v) is 6.71. The molecule has 0 radical (unpaired) electrons. The zero-order valence-corrected chi connectivity index (χ0v) is 12.1. The van der Waals surface area contributed by atoms with E-state index in [0.29, 0.717) is 5.56 Å². The van der Waals surface area contributed by atoms with Crippen LogP contribution < -0.4 is 4.90 Å². The van der Waals surface area contributed by atoms with E-state index in [1.807, 2.05) is 19.1 Å². The maximum Gasteiger partial charge on any atom is 0.335 e. The highest BCUT2D eigenvalue weighted by molar-refractivity contribution is 5.88. The summed E-state index contributed by atoms with van der Waals surface area (Å²) < 4.78 is 0. The number of aryl methyl sites for hydroxylation is 2. The Morgan fingerprint density at radius 3 is 2.45 bits per heavy atom. The van der Waals surface area contributed by atoms with Crippen molar-refractivity contribution < 1.29 is 9.90 Å². The van der Waals surface area contributed by atoms with Gasteiger partial charge in [-0.3, -0.25) is 0 Å². The lowest BCUT2D eigenvalue weighted by molar-refractivity contribution is 0.0697. The topological polar surface area (TPSA) is 40.5 Å². The standard InChI is InChI=1S/C17H19NO2/c1-4-18(15-7-5-6-12(2)10-15)16-9-8-14(17(19)20)11-13(16)3/h5-11H,4H2,1-3H3,(H,19,20). The highest BCUT2D eigenvalue weighted by Crippen LogP contribution is 2.29. The average molecular weight is 269 g/mol. The summed E-state index contributed by atoms with van der Waals surface area (Å²) in [7, 11) is 0. The summed E-state index contributed by atoms with van der Waals surface area (Å²) in [5.74, 6) is -0.891. The molecule has 0 bridgehead atoms. The molecular weight excluding hydrogens is 250 g/mol. The number of aromatic carboxylic acids is 1. The maximum absolute atomic E-state index is 11.0. The molecule has 0 aliphatic heterocycles. The number of rotatable bonds is 4. The largest absolute Gasteiger partial charge is 0.478 e. The molecule has 20 heavy (non-hydrogen) atoms. The van der Waals surface area contributed by atoms with Gasteiger partial charge in [-0.25, -0.2) is 4.79 Å². The molecule has 3 nitrogen and oxygen atoms in total. The Morgan fingerprint density at radius 1 is 1.15 bits per heavy atom. The molecule has 0 saturated carbocycles. The molecule has 0 spiro atoms. The number of hydrogen-bond donors (Lipinski definition) is 1. The van der Waals surface area contributed by atoms with Gasteiger partial charge in [0.05, 0.1) is 5.56 Å². The lowest BCUT2D eigenvalue weighted by atomic mass is 10.1. The van der Waals surface area contributed by atoms with Crippen molar-refractivity contribution in [2.24, 2.45) is 0 Å². The van der Waals surface area contributed by atoms with Crippen molar-refractivity contribution in [2.45, 2.75) is 20.8 Å². The predicted octanol–water partition coefficient (Wildman–Crippen LogP) is 4.16. The summed E-state index contributed by atoms with van der Waals surface area (Å²) >= 11 is 0. The summed E-state index contributed by atoms with van der Waals surface area (Å²) in [6.07, 6.45) is 0. The van der Waals surface area contributed by atoms with Crippen molar-refractivity contribution in [1.29, 1.82) is 0 Å². The second kappa shape index (κ2) is 5.78. The molecule has 0 heterocycles. The molecule has 0 atom stereocenters. The predicted molar refractivity (Wildman–Crippen MR) is 82.0 cm³/mol.